The molecular weight excluding hydrogens is 335 g/mol. The van der Waals surface area contributed by atoms with Crippen molar-refractivity contribution in [1.29, 1.82) is 0 Å². The van der Waals surface area contributed by atoms with E-state index in [4.69, 9.17) is 4.74 Å². The fraction of sp³-hybridized carbons (Fsp3) is 0.300. The summed E-state index contributed by atoms with van der Waals surface area (Å²) in [4.78, 5) is 26.5. The first-order valence-corrected chi connectivity index (χ1v) is 8.56. The maximum Gasteiger partial charge on any atom is 0.325 e. The third-order valence-electron chi connectivity index (χ3n) is 4.62. The van der Waals surface area contributed by atoms with E-state index in [9.17, 15) is 14.0 Å². The Hall–Kier alpha value is -2.89. The number of imide groups is 1. The Balaban J connectivity index is 1.72. The summed E-state index contributed by atoms with van der Waals surface area (Å²) >= 11 is 0. The number of aryl methyl sites for hydroxylation is 1. The molecule has 136 valence electrons. The van der Waals surface area contributed by atoms with Crippen molar-refractivity contribution in [2.45, 2.75) is 25.8 Å². The van der Waals surface area contributed by atoms with Crippen LogP contribution in [-0.4, -0.2) is 30.0 Å². The van der Waals surface area contributed by atoms with Crippen molar-refractivity contribution in [2.24, 2.45) is 0 Å². The summed E-state index contributed by atoms with van der Waals surface area (Å²) in [6, 6.07) is 12.7. The van der Waals surface area contributed by atoms with Crippen LogP contribution in [0.2, 0.25) is 0 Å². The molecule has 1 atom stereocenters. The monoisotopic (exact) mass is 356 g/mol. The second kappa shape index (κ2) is 7.15. The molecule has 6 heteroatoms. The second-order valence-corrected chi connectivity index (χ2v) is 6.32. The number of amides is 3. The number of carbonyl (C=O) groups excluding carboxylic acids is 2. The molecule has 0 bridgehead atoms. The standard InChI is InChI=1S/C20H21FN2O3/c1-3-20(15-7-9-16(21)10-8-15)18(24)23(19(25)22-20)11-12-26-17-6-4-5-14(2)13-17/h4-10,13H,3,11-12H2,1-2H3,(H,22,25). The Bertz CT molecular complexity index is 822. The molecule has 1 saturated heterocycles. The van der Waals surface area contributed by atoms with Crippen LogP contribution in [0.15, 0.2) is 48.5 Å². The first kappa shape index (κ1) is 17.9. The molecule has 5 nitrogen and oxygen atoms in total. The van der Waals surface area contributed by atoms with Crippen LogP contribution in [0.25, 0.3) is 0 Å². The molecule has 1 N–H and O–H groups in total. The lowest BCUT2D eigenvalue weighted by molar-refractivity contribution is -0.132. The Kier molecular flexibility index (Phi) is 4.93. The number of urea groups is 1. The number of ether oxygens (including phenoxy) is 1. The summed E-state index contributed by atoms with van der Waals surface area (Å²) in [6.07, 6.45) is 0.373. The van der Waals surface area contributed by atoms with Crippen LogP contribution < -0.4 is 10.1 Å². The molecule has 1 unspecified atom stereocenters. The van der Waals surface area contributed by atoms with E-state index >= 15 is 0 Å². The minimum absolute atomic E-state index is 0.140. The van der Waals surface area contributed by atoms with Gasteiger partial charge in [0.2, 0.25) is 0 Å². The molecule has 26 heavy (non-hydrogen) atoms. The highest BCUT2D eigenvalue weighted by molar-refractivity contribution is 6.07. The second-order valence-electron chi connectivity index (χ2n) is 6.32. The van der Waals surface area contributed by atoms with Crippen LogP contribution in [0.4, 0.5) is 9.18 Å². The van der Waals surface area contributed by atoms with Crippen LogP contribution in [-0.2, 0) is 10.3 Å². The highest BCUT2D eigenvalue weighted by atomic mass is 19.1. The van der Waals surface area contributed by atoms with E-state index in [0.717, 1.165) is 10.5 Å². The molecule has 2 aromatic rings. The number of nitrogens with zero attached hydrogens (tertiary/aromatic N) is 1. The molecule has 1 aliphatic heterocycles. The third kappa shape index (κ3) is 3.27. The van der Waals surface area contributed by atoms with Crippen molar-refractivity contribution in [3.8, 4) is 5.75 Å². The molecule has 0 spiro atoms. The Morgan fingerprint density at radius 2 is 1.88 bits per heavy atom. The molecule has 2 aromatic carbocycles. The van der Waals surface area contributed by atoms with Gasteiger partial charge >= 0.3 is 6.03 Å². The van der Waals surface area contributed by atoms with Gasteiger partial charge in [0.1, 0.15) is 23.7 Å². The van der Waals surface area contributed by atoms with Gasteiger partial charge in [-0.2, -0.15) is 0 Å². The normalized spacial score (nSPS) is 19.6. The maximum absolute atomic E-state index is 13.2. The molecule has 0 aromatic heterocycles. The van der Waals surface area contributed by atoms with Crippen molar-refractivity contribution in [3.05, 3.63) is 65.5 Å². The SMILES string of the molecule is CCC1(c2ccc(F)cc2)NC(=O)N(CCOc2cccc(C)c2)C1=O. The minimum atomic E-state index is -1.16. The molecule has 0 saturated carbocycles. The van der Waals surface area contributed by atoms with E-state index in [2.05, 4.69) is 5.32 Å². The molecule has 0 aliphatic carbocycles. The van der Waals surface area contributed by atoms with Gasteiger partial charge in [0.05, 0.1) is 6.54 Å². The van der Waals surface area contributed by atoms with Gasteiger partial charge in [-0.05, 0) is 48.7 Å². The van der Waals surface area contributed by atoms with Gasteiger partial charge in [-0.25, -0.2) is 9.18 Å². The highest BCUT2D eigenvalue weighted by Crippen LogP contribution is 2.32. The minimum Gasteiger partial charge on any atom is -0.492 e. The first-order chi connectivity index (χ1) is 12.5. The summed E-state index contributed by atoms with van der Waals surface area (Å²) in [6.45, 7) is 4.12. The average Bonchev–Trinajstić information content (AvgIpc) is 2.87. The van der Waals surface area contributed by atoms with Gasteiger partial charge in [-0.1, -0.05) is 31.2 Å². The van der Waals surface area contributed by atoms with Gasteiger partial charge in [0, 0.05) is 0 Å². The van der Waals surface area contributed by atoms with Crippen LogP contribution >= 0.6 is 0 Å². The number of rotatable bonds is 6. The Morgan fingerprint density at radius 1 is 1.15 bits per heavy atom. The Labute approximate surface area is 151 Å². The van der Waals surface area contributed by atoms with E-state index in [-0.39, 0.29) is 24.9 Å². The zero-order chi connectivity index (χ0) is 18.7. The predicted octanol–water partition coefficient (Wildman–Crippen LogP) is 3.37. The number of halogens is 1. The van der Waals surface area contributed by atoms with Gasteiger partial charge < -0.3 is 10.1 Å². The number of nitrogens with one attached hydrogen (secondary N) is 1. The van der Waals surface area contributed by atoms with Crippen LogP contribution in [0, 0.1) is 12.7 Å². The largest absolute Gasteiger partial charge is 0.492 e. The summed E-state index contributed by atoms with van der Waals surface area (Å²) in [5, 5.41) is 2.77. The van der Waals surface area contributed by atoms with Crippen molar-refractivity contribution >= 4 is 11.9 Å². The summed E-state index contributed by atoms with van der Waals surface area (Å²) in [5.74, 6) is -0.0398. The van der Waals surface area contributed by atoms with Gasteiger partial charge in [0.15, 0.2) is 0 Å². The fourth-order valence-corrected chi connectivity index (χ4v) is 3.16. The molecule has 3 amide bonds. The molecule has 3 rings (SSSR count). The lowest BCUT2D eigenvalue weighted by Crippen LogP contribution is -2.43. The zero-order valence-electron chi connectivity index (χ0n) is 14.8. The predicted molar refractivity (Wildman–Crippen MR) is 95.3 cm³/mol. The van der Waals surface area contributed by atoms with Gasteiger partial charge in [0.25, 0.3) is 5.91 Å². The van der Waals surface area contributed by atoms with Crippen molar-refractivity contribution in [1.82, 2.24) is 10.2 Å². The Morgan fingerprint density at radius 3 is 2.54 bits per heavy atom. The van der Waals surface area contributed by atoms with Crippen LogP contribution in [0.1, 0.15) is 24.5 Å². The number of hydrogen-bond acceptors (Lipinski definition) is 3. The highest BCUT2D eigenvalue weighted by Gasteiger charge is 2.51. The average molecular weight is 356 g/mol. The summed E-state index contributed by atoms with van der Waals surface area (Å²) < 4.78 is 18.9. The molecule has 0 radical (unpaired) electrons. The number of hydrogen-bond donors (Lipinski definition) is 1. The molecule has 1 heterocycles. The zero-order valence-corrected chi connectivity index (χ0v) is 14.8. The first-order valence-electron chi connectivity index (χ1n) is 8.56. The maximum atomic E-state index is 13.2. The third-order valence-corrected chi connectivity index (χ3v) is 4.62. The lowest BCUT2D eigenvalue weighted by Gasteiger charge is -2.25. The molecular formula is C20H21FN2O3. The quantitative estimate of drug-likeness (QED) is 0.808. The smallest absolute Gasteiger partial charge is 0.325 e. The van der Waals surface area contributed by atoms with Crippen molar-refractivity contribution in [3.63, 3.8) is 0 Å². The van der Waals surface area contributed by atoms with Crippen molar-refractivity contribution in [2.75, 3.05) is 13.2 Å². The topological polar surface area (TPSA) is 58.6 Å². The summed E-state index contributed by atoms with van der Waals surface area (Å²) in [7, 11) is 0. The van der Waals surface area contributed by atoms with E-state index in [1.165, 1.54) is 24.3 Å². The van der Waals surface area contributed by atoms with Gasteiger partial charge in [-0.3, -0.25) is 9.69 Å². The van der Waals surface area contributed by atoms with E-state index in [1.807, 2.05) is 38.1 Å². The van der Waals surface area contributed by atoms with Gasteiger partial charge in [-0.15, -0.1) is 0 Å². The van der Waals surface area contributed by atoms with Crippen molar-refractivity contribution < 1.29 is 18.7 Å². The summed E-state index contributed by atoms with van der Waals surface area (Å²) in [5.41, 5.74) is 0.481. The van der Waals surface area contributed by atoms with Crippen LogP contribution in [0.5, 0.6) is 5.75 Å². The van der Waals surface area contributed by atoms with E-state index in [1.54, 1.807) is 0 Å². The number of carbonyl (C=O) groups is 2. The number of benzene rings is 2. The molecule has 1 aliphatic rings. The lowest BCUT2D eigenvalue weighted by atomic mass is 9.87. The van der Waals surface area contributed by atoms with Crippen LogP contribution in [0.3, 0.4) is 0 Å². The molecule has 1 fully saturated rings. The van der Waals surface area contributed by atoms with E-state index < -0.39 is 11.6 Å². The fourth-order valence-electron chi connectivity index (χ4n) is 3.16. The van der Waals surface area contributed by atoms with E-state index in [0.29, 0.717) is 17.7 Å².